The summed E-state index contributed by atoms with van der Waals surface area (Å²) in [4.78, 5) is 4.56. The summed E-state index contributed by atoms with van der Waals surface area (Å²) in [5.74, 6) is 0.232. The topological polar surface area (TPSA) is 29.9 Å². The van der Waals surface area contributed by atoms with Crippen LogP contribution in [0, 0.1) is 13.8 Å². The monoisotopic (exact) mass is 361 g/mol. The van der Waals surface area contributed by atoms with Crippen LogP contribution in [0.15, 0.2) is 40.9 Å². The van der Waals surface area contributed by atoms with E-state index in [-0.39, 0.29) is 5.92 Å². The van der Waals surface area contributed by atoms with Gasteiger partial charge in [-0.15, -0.1) is 0 Å². The molecule has 0 saturated carbocycles. The summed E-state index contributed by atoms with van der Waals surface area (Å²) in [5.41, 5.74) is 7.12. The Labute approximate surface area is 163 Å². The van der Waals surface area contributed by atoms with Gasteiger partial charge in [-0.3, -0.25) is 0 Å². The van der Waals surface area contributed by atoms with Crippen molar-refractivity contribution in [2.75, 3.05) is 0 Å². The highest BCUT2D eigenvalue weighted by Crippen LogP contribution is 2.37. The van der Waals surface area contributed by atoms with E-state index in [9.17, 15) is 0 Å². The van der Waals surface area contributed by atoms with Crippen molar-refractivity contribution in [2.45, 2.75) is 46.9 Å². The van der Waals surface area contributed by atoms with Crippen molar-refractivity contribution in [3.8, 4) is 11.3 Å². The largest absolute Gasteiger partial charge is 0.437 e. The van der Waals surface area contributed by atoms with Crippen molar-refractivity contribution in [1.82, 2.24) is 4.98 Å². The van der Waals surface area contributed by atoms with E-state index in [0.29, 0.717) is 5.71 Å². The molecule has 0 aliphatic heterocycles. The first-order valence-corrected chi connectivity index (χ1v) is 9.42. The van der Waals surface area contributed by atoms with Crippen LogP contribution >= 0.6 is 0 Å². The molecule has 27 heavy (non-hydrogen) atoms. The summed E-state index contributed by atoms with van der Waals surface area (Å²) in [6, 6.07) is 10.2. The van der Waals surface area contributed by atoms with Crippen molar-refractivity contribution in [1.29, 1.82) is 0 Å². The molecule has 0 atom stereocenters. The molecule has 0 amide bonds. The van der Waals surface area contributed by atoms with Crippen LogP contribution < -0.4 is 4.57 Å². The predicted molar refractivity (Wildman–Crippen MR) is 111 cm³/mol. The summed E-state index contributed by atoms with van der Waals surface area (Å²) in [5, 5.41) is 2.03. The van der Waals surface area contributed by atoms with Gasteiger partial charge in [0.15, 0.2) is 11.8 Å². The molecule has 0 spiro atoms. The molecule has 0 saturated heterocycles. The highest BCUT2D eigenvalue weighted by Gasteiger charge is 2.23. The summed E-state index contributed by atoms with van der Waals surface area (Å²) >= 11 is 0. The van der Waals surface area contributed by atoms with Crippen LogP contribution in [0.3, 0.4) is 0 Å². The van der Waals surface area contributed by atoms with Gasteiger partial charge in [-0.2, -0.15) is 0 Å². The number of aryl methyl sites for hydroxylation is 4. The molecule has 0 radical (unpaired) electrons. The van der Waals surface area contributed by atoms with Gasteiger partial charge in [0.2, 0.25) is 11.4 Å². The first kappa shape index (κ1) is 15.4. The number of rotatable bonds is 3. The normalized spacial score (nSPS) is 13.4. The number of nitrogens with zero attached hydrogens (tertiary/aromatic N) is 2. The van der Waals surface area contributed by atoms with Crippen LogP contribution in [-0.4, -0.2) is 4.98 Å². The SMILES string of the molecule is [2H]C([2H])(C)c1cc(-c2c(C)ccc3c2oc2nc(C)ccc23)[n+](C)cc1C(C)C. The number of hydrogen-bond acceptors (Lipinski definition) is 2. The Morgan fingerprint density at radius 2 is 1.89 bits per heavy atom. The fraction of sp³-hybridized carbons (Fsp3) is 0.333. The number of pyridine rings is 2. The number of hydrogen-bond donors (Lipinski definition) is 0. The van der Waals surface area contributed by atoms with E-state index < -0.39 is 6.37 Å². The van der Waals surface area contributed by atoms with Gasteiger partial charge in [0.05, 0.1) is 5.56 Å². The van der Waals surface area contributed by atoms with Gasteiger partial charge in [0.25, 0.3) is 0 Å². The van der Waals surface area contributed by atoms with Crippen molar-refractivity contribution in [3.63, 3.8) is 0 Å². The van der Waals surface area contributed by atoms with Gasteiger partial charge < -0.3 is 4.42 Å². The average Bonchev–Trinajstić information content (AvgIpc) is 2.98. The Hall–Kier alpha value is -2.68. The molecule has 0 aliphatic rings. The van der Waals surface area contributed by atoms with E-state index >= 15 is 0 Å². The summed E-state index contributed by atoms with van der Waals surface area (Å²) in [7, 11) is 2.01. The lowest BCUT2D eigenvalue weighted by Gasteiger charge is -2.13. The minimum absolute atomic E-state index is 0.232. The molecule has 138 valence electrons. The minimum atomic E-state index is -1.43. The average molecular weight is 362 g/mol. The summed E-state index contributed by atoms with van der Waals surface area (Å²) in [6.45, 7) is 9.85. The first-order chi connectivity index (χ1) is 13.6. The summed E-state index contributed by atoms with van der Waals surface area (Å²) in [6.07, 6.45) is 0.622. The molecule has 0 bridgehead atoms. The second-order valence-electron chi connectivity index (χ2n) is 7.58. The van der Waals surface area contributed by atoms with Crippen LogP contribution in [0.1, 0.15) is 51.8 Å². The number of benzene rings is 1. The standard InChI is InChI=1S/C24H27N2O/c1-7-17-12-21(26(6)13-20(17)14(2)3)22-15(4)8-10-18-19-11-9-16(5)25-24(19)27-23(18)22/h8-14H,7H2,1-6H3/q+1/i7D2. The fourth-order valence-electron chi connectivity index (χ4n) is 3.82. The van der Waals surface area contributed by atoms with Crippen LogP contribution in [0.4, 0.5) is 0 Å². The van der Waals surface area contributed by atoms with Crippen molar-refractivity contribution in [3.05, 3.63) is 58.9 Å². The van der Waals surface area contributed by atoms with E-state index in [1.807, 2.05) is 26.1 Å². The van der Waals surface area contributed by atoms with Gasteiger partial charge >= 0.3 is 0 Å². The van der Waals surface area contributed by atoms with Crippen LogP contribution in [0.25, 0.3) is 33.3 Å². The van der Waals surface area contributed by atoms with Gasteiger partial charge in [0, 0.05) is 30.8 Å². The molecule has 4 aromatic rings. The van der Waals surface area contributed by atoms with Crippen LogP contribution in [-0.2, 0) is 13.4 Å². The van der Waals surface area contributed by atoms with E-state index in [2.05, 4.69) is 54.7 Å². The number of fused-ring (bicyclic) bond motifs is 3. The van der Waals surface area contributed by atoms with Crippen LogP contribution in [0.5, 0.6) is 0 Å². The zero-order chi connectivity index (χ0) is 21.1. The minimum Gasteiger partial charge on any atom is -0.437 e. The third kappa shape index (κ3) is 2.82. The molecular weight excluding hydrogens is 332 g/mol. The van der Waals surface area contributed by atoms with E-state index in [4.69, 9.17) is 7.16 Å². The van der Waals surface area contributed by atoms with E-state index in [1.165, 1.54) is 0 Å². The molecule has 0 N–H and O–H groups in total. The third-order valence-electron chi connectivity index (χ3n) is 5.31. The van der Waals surface area contributed by atoms with E-state index in [1.54, 1.807) is 6.92 Å². The lowest BCUT2D eigenvalue weighted by atomic mass is 9.94. The molecule has 3 heterocycles. The predicted octanol–water partition coefficient (Wildman–Crippen LogP) is 5.78. The Balaban J connectivity index is 2.09. The third-order valence-corrected chi connectivity index (χ3v) is 5.31. The number of furan rings is 1. The lowest BCUT2D eigenvalue weighted by molar-refractivity contribution is -0.660. The summed E-state index contributed by atoms with van der Waals surface area (Å²) < 4.78 is 25.1. The highest BCUT2D eigenvalue weighted by atomic mass is 16.3. The van der Waals surface area contributed by atoms with Crippen molar-refractivity contribution in [2.24, 2.45) is 7.05 Å². The molecule has 3 heteroatoms. The quantitative estimate of drug-likeness (QED) is 0.433. The molecular formula is C24H27N2O+. The smallest absolute Gasteiger partial charge is 0.227 e. The number of aromatic nitrogens is 2. The Kier molecular flexibility index (Phi) is 3.70. The maximum atomic E-state index is 8.39. The zero-order valence-electron chi connectivity index (χ0n) is 18.8. The lowest BCUT2D eigenvalue weighted by Crippen LogP contribution is -2.32. The Morgan fingerprint density at radius 1 is 1.15 bits per heavy atom. The molecule has 3 nitrogen and oxygen atoms in total. The first-order valence-electron chi connectivity index (χ1n) is 10.4. The fourth-order valence-corrected chi connectivity index (χ4v) is 3.82. The van der Waals surface area contributed by atoms with Crippen LogP contribution in [0.2, 0.25) is 0 Å². The van der Waals surface area contributed by atoms with Gasteiger partial charge in [-0.05, 0) is 49.4 Å². The van der Waals surface area contributed by atoms with Crippen molar-refractivity contribution < 1.29 is 11.7 Å². The second kappa shape index (κ2) is 6.49. The molecule has 1 aromatic carbocycles. The zero-order valence-corrected chi connectivity index (χ0v) is 16.8. The molecule has 4 rings (SSSR count). The maximum Gasteiger partial charge on any atom is 0.227 e. The maximum absolute atomic E-state index is 8.39. The van der Waals surface area contributed by atoms with Gasteiger partial charge in [-0.1, -0.05) is 32.9 Å². The van der Waals surface area contributed by atoms with Gasteiger partial charge in [0.1, 0.15) is 7.05 Å². The molecule has 0 unspecified atom stereocenters. The highest BCUT2D eigenvalue weighted by molar-refractivity contribution is 6.08. The van der Waals surface area contributed by atoms with E-state index in [0.717, 1.165) is 50.0 Å². The second-order valence-corrected chi connectivity index (χ2v) is 7.58. The molecule has 0 aliphatic carbocycles. The molecule has 3 aromatic heterocycles. The van der Waals surface area contributed by atoms with Crippen molar-refractivity contribution >= 4 is 22.1 Å². The Morgan fingerprint density at radius 3 is 2.59 bits per heavy atom. The molecule has 0 fully saturated rings. The van der Waals surface area contributed by atoms with Gasteiger partial charge in [-0.25, -0.2) is 9.55 Å². The Bertz CT molecular complexity index is 1250.